The Balaban J connectivity index is 1.34. The molecule has 7 nitrogen and oxygen atoms in total. The van der Waals surface area contributed by atoms with Crippen LogP contribution in [0.2, 0.25) is 0 Å². The van der Waals surface area contributed by atoms with Crippen molar-refractivity contribution >= 4 is 21.8 Å². The van der Waals surface area contributed by atoms with Crippen LogP contribution in [-0.2, 0) is 6.42 Å². The number of fused-ring (bicyclic) bond motifs is 2. The van der Waals surface area contributed by atoms with Crippen molar-refractivity contribution in [2.45, 2.75) is 19.4 Å². The maximum Gasteiger partial charge on any atom is 0.168 e. The Morgan fingerprint density at radius 2 is 1.85 bits per heavy atom. The summed E-state index contributed by atoms with van der Waals surface area (Å²) in [6.07, 6.45) is 4.02. The van der Waals surface area contributed by atoms with Crippen molar-refractivity contribution in [1.29, 1.82) is 0 Å². The minimum Gasteiger partial charge on any atom is -0.504 e. The fraction of sp³-hybridized carbons (Fsp3) is 0.133. The summed E-state index contributed by atoms with van der Waals surface area (Å²) in [7, 11) is 0. The number of benzene rings is 3. The van der Waals surface area contributed by atoms with Crippen molar-refractivity contribution in [2.75, 3.05) is 6.61 Å². The molecule has 3 aromatic heterocycles. The average Bonchev–Trinajstić information content (AvgIpc) is 3.52. The van der Waals surface area contributed by atoms with Gasteiger partial charge >= 0.3 is 0 Å². The average molecular weight is 526 g/mol. The number of rotatable bonds is 7. The predicted molar refractivity (Wildman–Crippen MR) is 147 cm³/mol. The Labute approximate surface area is 222 Å². The number of halogens is 2. The lowest BCUT2D eigenvalue weighted by Crippen LogP contribution is -2.30. The maximum atomic E-state index is 14.3. The van der Waals surface area contributed by atoms with E-state index in [-0.39, 0.29) is 23.9 Å². The molecule has 6 rings (SSSR count). The summed E-state index contributed by atoms with van der Waals surface area (Å²) in [5.41, 5.74) is 11.6. The van der Waals surface area contributed by atoms with E-state index in [1.165, 1.54) is 6.20 Å². The van der Waals surface area contributed by atoms with Gasteiger partial charge in [0.2, 0.25) is 0 Å². The highest BCUT2D eigenvalue weighted by Crippen LogP contribution is 2.39. The quantitative estimate of drug-likeness (QED) is 0.204. The second kappa shape index (κ2) is 9.85. The minimum atomic E-state index is -1.07. The summed E-state index contributed by atoms with van der Waals surface area (Å²) in [6.45, 7) is 2.10. The highest BCUT2D eigenvalue weighted by atomic mass is 19.1. The molecule has 3 aromatic carbocycles. The topological polar surface area (TPSA) is 113 Å². The van der Waals surface area contributed by atoms with E-state index in [2.05, 4.69) is 20.2 Å². The van der Waals surface area contributed by atoms with E-state index in [0.717, 1.165) is 39.1 Å². The van der Waals surface area contributed by atoms with Gasteiger partial charge < -0.3 is 20.6 Å². The Hall–Kier alpha value is -4.76. The van der Waals surface area contributed by atoms with Crippen LogP contribution in [-0.4, -0.2) is 37.9 Å². The Morgan fingerprint density at radius 1 is 1.00 bits per heavy atom. The third-order valence-electron chi connectivity index (χ3n) is 6.83. The standard InChI is InChI=1S/C30H25F2N5O2/c1-16-23-9-17(6-7-28(23)37-36-16)24-12-21(14-35-29(24)25-10-19(31)11-26(32)30(25)38)39-15-20(33)8-18-13-34-27-5-3-2-4-22(18)27/h2-7,9-14,20,34,38H,8,15,33H2,1H3,(H,36,37)/t20-/m0/s1. The number of aromatic amines is 2. The third kappa shape index (κ3) is 4.68. The van der Waals surface area contributed by atoms with E-state index < -0.39 is 17.4 Å². The van der Waals surface area contributed by atoms with Crippen LogP contribution in [0.25, 0.3) is 44.2 Å². The smallest absolute Gasteiger partial charge is 0.168 e. The molecule has 1 atom stereocenters. The lowest BCUT2D eigenvalue weighted by molar-refractivity contribution is 0.287. The number of hydrogen-bond donors (Lipinski definition) is 4. The van der Waals surface area contributed by atoms with E-state index in [0.29, 0.717) is 29.4 Å². The first-order valence-electron chi connectivity index (χ1n) is 12.4. The van der Waals surface area contributed by atoms with Gasteiger partial charge in [0, 0.05) is 45.7 Å². The molecule has 0 aliphatic heterocycles. The number of phenols is 1. The van der Waals surface area contributed by atoms with Crippen molar-refractivity contribution in [3.05, 3.63) is 95.9 Å². The molecule has 0 saturated heterocycles. The predicted octanol–water partition coefficient (Wildman–Crippen LogP) is 6.01. The Kier molecular flexibility index (Phi) is 6.20. The van der Waals surface area contributed by atoms with Crippen molar-refractivity contribution < 1.29 is 18.6 Å². The molecule has 0 amide bonds. The number of H-pyrrole nitrogens is 2. The van der Waals surface area contributed by atoms with Crippen LogP contribution in [0.5, 0.6) is 11.5 Å². The van der Waals surface area contributed by atoms with Gasteiger partial charge in [-0.25, -0.2) is 8.78 Å². The molecule has 5 N–H and O–H groups in total. The van der Waals surface area contributed by atoms with E-state index in [1.54, 1.807) is 6.07 Å². The summed E-state index contributed by atoms with van der Waals surface area (Å²) in [5, 5.41) is 19.6. The molecule has 0 saturated carbocycles. The van der Waals surface area contributed by atoms with Crippen LogP contribution in [0.15, 0.2) is 73.1 Å². The summed E-state index contributed by atoms with van der Waals surface area (Å²) in [6, 6.07) is 16.8. The number of phenolic OH excluding ortho intramolecular Hbond substituents is 1. The van der Waals surface area contributed by atoms with Crippen molar-refractivity contribution in [3.63, 3.8) is 0 Å². The van der Waals surface area contributed by atoms with Crippen LogP contribution in [0.1, 0.15) is 11.3 Å². The number of hydrogen-bond acceptors (Lipinski definition) is 5. The minimum absolute atomic E-state index is 0.0610. The molecule has 0 bridgehead atoms. The van der Waals surface area contributed by atoms with Gasteiger partial charge in [-0.1, -0.05) is 24.3 Å². The number of para-hydroxylation sites is 1. The summed E-state index contributed by atoms with van der Waals surface area (Å²) in [4.78, 5) is 7.72. The second-order valence-electron chi connectivity index (χ2n) is 9.56. The molecule has 0 radical (unpaired) electrons. The van der Waals surface area contributed by atoms with Gasteiger partial charge in [-0.2, -0.15) is 5.10 Å². The Bertz CT molecular complexity index is 1830. The number of ether oxygens (including phenoxy) is 1. The zero-order chi connectivity index (χ0) is 27.1. The molecule has 196 valence electrons. The van der Waals surface area contributed by atoms with Crippen LogP contribution in [0.3, 0.4) is 0 Å². The first kappa shape index (κ1) is 24.6. The molecule has 0 spiro atoms. The molecule has 0 aliphatic carbocycles. The van der Waals surface area contributed by atoms with Crippen LogP contribution >= 0.6 is 0 Å². The maximum absolute atomic E-state index is 14.3. The van der Waals surface area contributed by atoms with E-state index >= 15 is 0 Å². The zero-order valence-corrected chi connectivity index (χ0v) is 21.0. The van der Waals surface area contributed by atoms with Gasteiger partial charge in [0.25, 0.3) is 0 Å². The summed E-state index contributed by atoms with van der Waals surface area (Å²) in [5.74, 6) is -2.14. The van der Waals surface area contributed by atoms with Gasteiger partial charge in [0.15, 0.2) is 11.6 Å². The second-order valence-corrected chi connectivity index (χ2v) is 9.56. The molecule has 6 aromatic rings. The Morgan fingerprint density at radius 3 is 2.72 bits per heavy atom. The van der Waals surface area contributed by atoms with Gasteiger partial charge in [0.1, 0.15) is 18.2 Å². The van der Waals surface area contributed by atoms with E-state index in [4.69, 9.17) is 10.5 Å². The molecule has 0 aliphatic rings. The molecule has 0 unspecified atom stereocenters. The van der Waals surface area contributed by atoms with Gasteiger partial charge in [-0.05, 0) is 54.8 Å². The molecular formula is C30H25F2N5O2. The van der Waals surface area contributed by atoms with Crippen LogP contribution in [0.4, 0.5) is 8.78 Å². The lowest BCUT2D eigenvalue weighted by atomic mass is 9.97. The first-order chi connectivity index (χ1) is 18.9. The number of nitrogens with two attached hydrogens (primary N) is 1. The van der Waals surface area contributed by atoms with E-state index in [1.807, 2.05) is 55.6 Å². The van der Waals surface area contributed by atoms with Crippen molar-refractivity contribution in [3.8, 4) is 33.9 Å². The fourth-order valence-corrected chi connectivity index (χ4v) is 4.86. The normalized spacial score (nSPS) is 12.3. The van der Waals surface area contributed by atoms with E-state index in [9.17, 15) is 13.9 Å². The van der Waals surface area contributed by atoms with Crippen molar-refractivity contribution in [2.24, 2.45) is 5.73 Å². The lowest BCUT2D eigenvalue weighted by Gasteiger charge is -2.16. The van der Waals surface area contributed by atoms with Crippen LogP contribution in [0, 0.1) is 18.6 Å². The molecule has 39 heavy (non-hydrogen) atoms. The van der Waals surface area contributed by atoms with Gasteiger partial charge in [0.05, 0.1) is 23.1 Å². The first-order valence-corrected chi connectivity index (χ1v) is 12.4. The number of nitrogens with zero attached hydrogens (tertiary/aromatic N) is 2. The monoisotopic (exact) mass is 525 g/mol. The number of pyridine rings is 1. The summed E-state index contributed by atoms with van der Waals surface area (Å²) < 4.78 is 34.4. The fourth-order valence-electron chi connectivity index (χ4n) is 4.86. The van der Waals surface area contributed by atoms with Crippen LogP contribution < -0.4 is 10.5 Å². The van der Waals surface area contributed by atoms with Gasteiger partial charge in [-0.3, -0.25) is 10.1 Å². The number of aromatic nitrogens is 4. The molecule has 9 heteroatoms. The highest BCUT2D eigenvalue weighted by Gasteiger charge is 2.19. The molecule has 0 fully saturated rings. The van der Waals surface area contributed by atoms with Crippen molar-refractivity contribution in [1.82, 2.24) is 20.2 Å². The number of aromatic hydroxyl groups is 1. The zero-order valence-electron chi connectivity index (χ0n) is 21.0. The highest BCUT2D eigenvalue weighted by molar-refractivity contribution is 5.91. The SMILES string of the molecule is Cc1n[nH]c2ccc(-c3cc(OC[C@@H](N)Cc4c[nH]c5ccccc45)cnc3-c3cc(F)cc(F)c3O)cc12. The molecular weight excluding hydrogens is 500 g/mol. The number of aryl methyl sites for hydroxylation is 1. The number of nitrogens with one attached hydrogen (secondary N) is 2. The molecule has 3 heterocycles. The largest absolute Gasteiger partial charge is 0.504 e. The third-order valence-corrected chi connectivity index (χ3v) is 6.83. The van der Waals surface area contributed by atoms with Gasteiger partial charge in [-0.15, -0.1) is 0 Å². The summed E-state index contributed by atoms with van der Waals surface area (Å²) >= 11 is 0.